The summed E-state index contributed by atoms with van der Waals surface area (Å²) >= 11 is 0. The quantitative estimate of drug-likeness (QED) is 0.726. The first-order chi connectivity index (χ1) is 8.19. The molecule has 0 aromatic heterocycles. The maximum Gasteiger partial charge on any atom is 0.248 e. The number of primary amides is 1. The smallest absolute Gasteiger partial charge is 0.248 e. The van der Waals surface area contributed by atoms with Gasteiger partial charge in [-0.05, 0) is 18.2 Å². The van der Waals surface area contributed by atoms with Crippen molar-refractivity contribution in [1.82, 2.24) is 0 Å². The van der Waals surface area contributed by atoms with Gasteiger partial charge in [0.25, 0.3) is 0 Å². The lowest BCUT2D eigenvalue weighted by Crippen LogP contribution is -2.11. The zero-order valence-corrected chi connectivity index (χ0v) is 10.1. The molecule has 5 heteroatoms. The Morgan fingerprint density at radius 2 is 2.00 bits per heavy atom. The molecule has 0 fully saturated rings. The average molecular weight is 239 g/mol. The van der Waals surface area contributed by atoms with Crippen LogP contribution in [0.1, 0.15) is 16.8 Å². The SMILES string of the molecule is COCCCOc1cc(C(N)=O)ccc1OC. The molecule has 17 heavy (non-hydrogen) atoms. The fourth-order valence-corrected chi connectivity index (χ4v) is 1.33. The Kier molecular flexibility index (Phi) is 5.29. The zero-order valence-electron chi connectivity index (χ0n) is 10.1. The third kappa shape index (κ3) is 3.96. The summed E-state index contributed by atoms with van der Waals surface area (Å²) in [6, 6.07) is 4.84. The minimum Gasteiger partial charge on any atom is -0.493 e. The number of carbonyl (C=O) groups is 1. The van der Waals surface area contributed by atoms with E-state index in [9.17, 15) is 4.79 Å². The van der Waals surface area contributed by atoms with Crippen molar-refractivity contribution in [2.45, 2.75) is 6.42 Å². The first-order valence-electron chi connectivity index (χ1n) is 5.28. The van der Waals surface area contributed by atoms with Crippen molar-refractivity contribution in [3.05, 3.63) is 23.8 Å². The van der Waals surface area contributed by atoms with Crippen LogP contribution in [0.15, 0.2) is 18.2 Å². The number of nitrogens with two attached hydrogens (primary N) is 1. The predicted octanol–water partition coefficient (Wildman–Crippen LogP) is 1.21. The van der Waals surface area contributed by atoms with Crippen LogP contribution in [0.2, 0.25) is 0 Å². The van der Waals surface area contributed by atoms with E-state index in [0.717, 1.165) is 6.42 Å². The topological polar surface area (TPSA) is 70.8 Å². The van der Waals surface area contributed by atoms with Gasteiger partial charge in [-0.3, -0.25) is 4.79 Å². The van der Waals surface area contributed by atoms with E-state index in [2.05, 4.69) is 0 Å². The van der Waals surface area contributed by atoms with Crippen molar-refractivity contribution in [2.24, 2.45) is 5.73 Å². The summed E-state index contributed by atoms with van der Waals surface area (Å²) in [7, 11) is 3.18. The van der Waals surface area contributed by atoms with Gasteiger partial charge in [-0.15, -0.1) is 0 Å². The maximum absolute atomic E-state index is 11.0. The minimum atomic E-state index is -0.491. The van der Waals surface area contributed by atoms with Crippen LogP contribution in [0.3, 0.4) is 0 Å². The molecule has 0 saturated carbocycles. The van der Waals surface area contributed by atoms with Gasteiger partial charge in [0.15, 0.2) is 11.5 Å². The molecule has 0 heterocycles. The highest BCUT2D eigenvalue weighted by atomic mass is 16.5. The third-order valence-corrected chi connectivity index (χ3v) is 2.20. The number of methoxy groups -OCH3 is 2. The summed E-state index contributed by atoms with van der Waals surface area (Å²) in [5.74, 6) is 0.599. The molecule has 0 atom stereocenters. The lowest BCUT2D eigenvalue weighted by atomic mass is 10.2. The monoisotopic (exact) mass is 239 g/mol. The van der Waals surface area contributed by atoms with Crippen molar-refractivity contribution in [3.8, 4) is 11.5 Å². The number of hydrogen-bond acceptors (Lipinski definition) is 4. The van der Waals surface area contributed by atoms with Crippen molar-refractivity contribution in [2.75, 3.05) is 27.4 Å². The second-order valence-corrected chi connectivity index (χ2v) is 3.42. The van der Waals surface area contributed by atoms with Gasteiger partial charge >= 0.3 is 0 Å². The second kappa shape index (κ2) is 6.75. The summed E-state index contributed by atoms with van der Waals surface area (Å²) < 4.78 is 15.5. The van der Waals surface area contributed by atoms with E-state index in [1.807, 2.05) is 0 Å². The standard InChI is InChI=1S/C12H17NO4/c1-15-6-3-7-17-11-8-9(12(13)14)4-5-10(11)16-2/h4-5,8H,3,6-7H2,1-2H3,(H2,13,14). The van der Waals surface area contributed by atoms with Gasteiger partial charge in [-0.2, -0.15) is 0 Å². The minimum absolute atomic E-state index is 0.396. The van der Waals surface area contributed by atoms with Gasteiger partial charge in [-0.25, -0.2) is 0 Å². The van der Waals surface area contributed by atoms with E-state index in [-0.39, 0.29) is 0 Å². The Balaban J connectivity index is 2.72. The number of rotatable bonds is 7. The Hall–Kier alpha value is -1.75. The highest BCUT2D eigenvalue weighted by Gasteiger charge is 2.08. The van der Waals surface area contributed by atoms with Gasteiger partial charge < -0.3 is 19.9 Å². The summed E-state index contributed by atoms with van der Waals surface area (Å²) in [5.41, 5.74) is 5.59. The molecule has 0 spiro atoms. The highest BCUT2D eigenvalue weighted by Crippen LogP contribution is 2.27. The van der Waals surface area contributed by atoms with Crippen LogP contribution in [0.5, 0.6) is 11.5 Å². The van der Waals surface area contributed by atoms with Crippen molar-refractivity contribution < 1.29 is 19.0 Å². The predicted molar refractivity (Wildman–Crippen MR) is 63.5 cm³/mol. The molecule has 1 rings (SSSR count). The van der Waals surface area contributed by atoms with Crippen LogP contribution in [0.25, 0.3) is 0 Å². The summed E-state index contributed by atoms with van der Waals surface area (Å²) in [4.78, 5) is 11.0. The molecule has 1 aromatic carbocycles. The molecular formula is C12H17NO4. The van der Waals surface area contributed by atoms with Crippen LogP contribution >= 0.6 is 0 Å². The average Bonchev–Trinajstić information content (AvgIpc) is 2.34. The fraction of sp³-hybridized carbons (Fsp3) is 0.417. The van der Waals surface area contributed by atoms with Crippen LogP contribution < -0.4 is 15.2 Å². The van der Waals surface area contributed by atoms with E-state index in [1.165, 1.54) is 0 Å². The van der Waals surface area contributed by atoms with Gasteiger partial charge in [0.2, 0.25) is 5.91 Å². The summed E-state index contributed by atoms with van der Waals surface area (Å²) in [5, 5.41) is 0. The van der Waals surface area contributed by atoms with Crippen molar-refractivity contribution in [1.29, 1.82) is 0 Å². The summed E-state index contributed by atoms with van der Waals surface area (Å²) in [6.45, 7) is 1.12. The molecule has 1 amide bonds. The van der Waals surface area contributed by atoms with Crippen LogP contribution in [-0.2, 0) is 4.74 Å². The molecule has 0 aliphatic carbocycles. The molecule has 0 aliphatic rings. The van der Waals surface area contributed by atoms with E-state index in [4.69, 9.17) is 19.9 Å². The number of hydrogen-bond donors (Lipinski definition) is 1. The number of amides is 1. The van der Waals surface area contributed by atoms with E-state index in [1.54, 1.807) is 32.4 Å². The Morgan fingerprint density at radius 3 is 2.59 bits per heavy atom. The van der Waals surface area contributed by atoms with Gasteiger partial charge in [-0.1, -0.05) is 0 Å². The molecule has 0 bridgehead atoms. The third-order valence-electron chi connectivity index (χ3n) is 2.20. The zero-order chi connectivity index (χ0) is 12.7. The van der Waals surface area contributed by atoms with Crippen LogP contribution in [0.4, 0.5) is 0 Å². The van der Waals surface area contributed by atoms with Gasteiger partial charge in [0.1, 0.15) is 0 Å². The molecule has 5 nitrogen and oxygen atoms in total. The molecule has 2 N–H and O–H groups in total. The van der Waals surface area contributed by atoms with Crippen LogP contribution in [0, 0.1) is 0 Å². The van der Waals surface area contributed by atoms with Crippen LogP contribution in [-0.4, -0.2) is 33.3 Å². The highest BCUT2D eigenvalue weighted by molar-refractivity contribution is 5.93. The number of ether oxygens (including phenoxy) is 3. The fourth-order valence-electron chi connectivity index (χ4n) is 1.33. The lowest BCUT2D eigenvalue weighted by Gasteiger charge is -2.11. The number of benzene rings is 1. The Bertz CT molecular complexity index is 379. The van der Waals surface area contributed by atoms with Crippen molar-refractivity contribution >= 4 is 5.91 Å². The molecule has 0 radical (unpaired) electrons. The van der Waals surface area contributed by atoms with Gasteiger partial charge in [0.05, 0.1) is 13.7 Å². The van der Waals surface area contributed by atoms with E-state index in [0.29, 0.717) is 30.3 Å². The molecular weight excluding hydrogens is 222 g/mol. The first kappa shape index (κ1) is 13.3. The first-order valence-corrected chi connectivity index (χ1v) is 5.28. The number of carbonyl (C=O) groups excluding carboxylic acids is 1. The maximum atomic E-state index is 11.0. The normalized spacial score (nSPS) is 10.0. The molecule has 0 saturated heterocycles. The second-order valence-electron chi connectivity index (χ2n) is 3.42. The van der Waals surface area contributed by atoms with Gasteiger partial charge in [0, 0.05) is 25.7 Å². The molecule has 94 valence electrons. The summed E-state index contributed by atoms with van der Waals surface area (Å²) in [6.07, 6.45) is 0.764. The van der Waals surface area contributed by atoms with Crippen molar-refractivity contribution in [3.63, 3.8) is 0 Å². The largest absolute Gasteiger partial charge is 0.493 e. The Morgan fingerprint density at radius 1 is 1.24 bits per heavy atom. The van der Waals surface area contributed by atoms with E-state index >= 15 is 0 Å². The lowest BCUT2D eigenvalue weighted by molar-refractivity contribution is 0.0999. The molecule has 0 unspecified atom stereocenters. The molecule has 1 aromatic rings. The molecule has 0 aliphatic heterocycles. The van der Waals surface area contributed by atoms with E-state index < -0.39 is 5.91 Å². The Labute approximate surface area is 100 Å².